The third-order valence-electron chi connectivity index (χ3n) is 3.11. The van der Waals surface area contributed by atoms with E-state index in [2.05, 4.69) is 49.4 Å². The van der Waals surface area contributed by atoms with Gasteiger partial charge in [-0.15, -0.1) is 0 Å². The Morgan fingerprint density at radius 1 is 0.833 bits per heavy atom. The summed E-state index contributed by atoms with van der Waals surface area (Å²) in [6.07, 6.45) is 0.782. The monoisotopic (exact) mass is 235 g/mol. The fourth-order valence-electron chi connectivity index (χ4n) is 2.25. The molecule has 3 rings (SSSR count). The minimum atomic E-state index is 0.659. The van der Waals surface area contributed by atoms with Crippen molar-refractivity contribution in [3.05, 3.63) is 61.5 Å². The maximum absolute atomic E-state index is 5.75. The van der Waals surface area contributed by atoms with Crippen LogP contribution in [-0.4, -0.2) is 6.61 Å². The van der Waals surface area contributed by atoms with Gasteiger partial charge in [-0.3, -0.25) is 0 Å². The molecule has 0 aliphatic carbocycles. The third-order valence-corrected chi connectivity index (χ3v) is 3.11. The van der Waals surface area contributed by atoms with Gasteiger partial charge in [0.05, 0.1) is 6.61 Å². The van der Waals surface area contributed by atoms with Crippen LogP contribution >= 0.6 is 0 Å². The lowest BCUT2D eigenvalue weighted by Crippen LogP contribution is -1.95. The van der Waals surface area contributed by atoms with Crippen LogP contribution in [0.3, 0.4) is 0 Å². The zero-order valence-electron chi connectivity index (χ0n) is 10.2. The van der Waals surface area contributed by atoms with Crippen molar-refractivity contribution in [3.63, 3.8) is 0 Å². The summed E-state index contributed by atoms with van der Waals surface area (Å²) in [6.45, 7) is 4.46. The molecule has 0 amide bonds. The highest BCUT2D eigenvalue weighted by molar-refractivity contribution is 6.00. The fourth-order valence-corrected chi connectivity index (χ4v) is 2.25. The normalized spacial score (nSPS) is 10.9. The number of benzene rings is 3. The molecule has 0 unspecified atom stereocenters. The van der Waals surface area contributed by atoms with Gasteiger partial charge in [-0.1, -0.05) is 36.4 Å². The molecule has 1 radical (unpaired) electrons. The quantitative estimate of drug-likeness (QED) is 0.603. The van der Waals surface area contributed by atoms with Crippen LogP contribution in [0.5, 0.6) is 5.75 Å². The number of hydrogen-bond donors (Lipinski definition) is 0. The zero-order chi connectivity index (χ0) is 12.4. The van der Waals surface area contributed by atoms with Gasteiger partial charge in [-0.25, -0.2) is 0 Å². The summed E-state index contributed by atoms with van der Waals surface area (Å²) in [7, 11) is 0. The molecule has 0 spiro atoms. The summed E-state index contributed by atoms with van der Waals surface area (Å²) >= 11 is 0. The van der Waals surface area contributed by atoms with Gasteiger partial charge in [0.25, 0.3) is 0 Å². The molecule has 0 heterocycles. The van der Waals surface area contributed by atoms with Crippen molar-refractivity contribution < 1.29 is 4.74 Å². The number of ether oxygens (including phenoxy) is 1. The van der Waals surface area contributed by atoms with E-state index in [1.807, 2.05) is 12.1 Å². The standard InChI is InChI=1S/C17H15O/c1-2-10-18-17-9-5-8-15-11-13-6-3-4-7-14(13)12-16(15)17/h3-9,11-12H,1-2,10H2. The Hall–Kier alpha value is -2.02. The molecule has 0 aromatic heterocycles. The van der Waals surface area contributed by atoms with E-state index < -0.39 is 0 Å². The molecule has 1 heteroatoms. The zero-order valence-corrected chi connectivity index (χ0v) is 10.2. The summed E-state index contributed by atoms with van der Waals surface area (Å²) in [5.41, 5.74) is 0. The van der Waals surface area contributed by atoms with Crippen LogP contribution in [0.2, 0.25) is 0 Å². The van der Waals surface area contributed by atoms with Gasteiger partial charge in [-0.2, -0.15) is 0 Å². The maximum Gasteiger partial charge on any atom is 0.127 e. The smallest absolute Gasteiger partial charge is 0.127 e. The molecule has 0 saturated heterocycles. The Balaban J connectivity index is 2.22. The Labute approximate surface area is 107 Å². The fraction of sp³-hybridized carbons (Fsp3) is 0.118. The summed E-state index contributed by atoms with van der Waals surface area (Å²) in [5.74, 6) is 0.946. The van der Waals surface area contributed by atoms with Gasteiger partial charge in [0.2, 0.25) is 0 Å². The van der Waals surface area contributed by atoms with Crippen molar-refractivity contribution in [2.45, 2.75) is 6.42 Å². The lowest BCUT2D eigenvalue weighted by Gasteiger charge is -2.09. The Kier molecular flexibility index (Phi) is 2.89. The molecule has 0 fully saturated rings. The first-order valence-corrected chi connectivity index (χ1v) is 6.22. The number of rotatable bonds is 3. The molecule has 0 bridgehead atoms. The predicted octanol–water partition coefficient (Wildman–Crippen LogP) is 4.60. The summed E-state index contributed by atoms with van der Waals surface area (Å²) in [4.78, 5) is 0. The van der Waals surface area contributed by atoms with Crippen LogP contribution < -0.4 is 4.74 Å². The van der Waals surface area contributed by atoms with Gasteiger partial charge in [-0.05, 0) is 47.7 Å². The summed E-state index contributed by atoms with van der Waals surface area (Å²) < 4.78 is 5.75. The second-order valence-electron chi connectivity index (χ2n) is 4.38. The van der Waals surface area contributed by atoms with Crippen molar-refractivity contribution >= 4 is 21.5 Å². The minimum absolute atomic E-state index is 0.659. The molecule has 0 aliphatic heterocycles. The van der Waals surface area contributed by atoms with Crippen LogP contribution in [0, 0.1) is 6.92 Å². The molecule has 89 valence electrons. The second kappa shape index (κ2) is 4.69. The van der Waals surface area contributed by atoms with Crippen LogP contribution in [0.15, 0.2) is 54.6 Å². The van der Waals surface area contributed by atoms with Crippen molar-refractivity contribution in [1.82, 2.24) is 0 Å². The van der Waals surface area contributed by atoms with E-state index >= 15 is 0 Å². The van der Waals surface area contributed by atoms with Gasteiger partial charge in [0.15, 0.2) is 0 Å². The molecule has 3 aromatic rings. The van der Waals surface area contributed by atoms with Crippen LogP contribution in [0.25, 0.3) is 21.5 Å². The SMILES string of the molecule is [CH2]CCOc1cccc2cc3ccccc3cc12. The Morgan fingerprint density at radius 3 is 2.33 bits per heavy atom. The summed E-state index contributed by atoms with van der Waals surface area (Å²) in [6, 6.07) is 19.0. The molecule has 0 atom stereocenters. The lowest BCUT2D eigenvalue weighted by atomic mass is 10.0. The molecule has 1 nitrogen and oxygen atoms in total. The van der Waals surface area contributed by atoms with E-state index in [-0.39, 0.29) is 0 Å². The highest BCUT2D eigenvalue weighted by Gasteiger charge is 2.03. The number of fused-ring (bicyclic) bond motifs is 2. The maximum atomic E-state index is 5.75. The van der Waals surface area contributed by atoms with Crippen molar-refractivity contribution in [2.24, 2.45) is 0 Å². The second-order valence-corrected chi connectivity index (χ2v) is 4.38. The van der Waals surface area contributed by atoms with Crippen molar-refractivity contribution in [2.75, 3.05) is 6.61 Å². The molecule has 0 saturated carbocycles. The average molecular weight is 235 g/mol. The molecule has 0 aliphatic rings. The third kappa shape index (κ3) is 1.92. The van der Waals surface area contributed by atoms with Gasteiger partial charge in [0.1, 0.15) is 5.75 Å². The first-order valence-electron chi connectivity index (χ1n) is 6.22. The topological polar surface area (TPSA) is 9.23 Å². The van der Waals surface area contributed by atoms with E-state index in [0.717, 1.165) is 12.2 Å². The van der Waals surface area contributed by atoms with Crippen molar-refractivity contribution in [3.8, 4) is 5.75 Å². The van der Waals surface area contributed by atoms with E-state index in [4.69, 9.17) is 4.74 Å². The molecular weight excluding hydrogens is 220 g/mol. The van der Waals surface area contributed by atoms with E-state index in [9.17, 15) is 0 Å². The average Bonchev–Trinajstić information content (AvgIpc) is 2.43. The Morgan fingerprint density at radius 2 is 1.56 bits per heavy atom. The molecular formula is C17H15O. The highest BCUT2D eigenvalue weighted by Crippen LogP contribution is 2.29. The molecule has 3 aromatic carbocycles. The van der Waals surface area contributed by atoms with Crippen molar-refractivity contribution in [1.29, 1.82) is 0 Å². The van der Waals surface area contributed by atoms with E-state index in [1.54, 1.807) is 0 Å². The van der Waals surface area contributed by atoms with E-state index in [1.165, 1.54) is 21.5 Å². The lowest BCUT2D eigenvalue weighted by molar-refractivity contribution is 0.328. The van der Waals surface area contributed by atoms with Crippen LogP contribution in [0.1, 0.15) is 6.42 Å². The highest BCUT2D eigenvalue weighted by atomic mass is 16.5. The molecule has 18 heavy (non-hydrogen) atoms. The minimum Gasteiger partial charge on any atom is -0.493 e. The van der Waals surface area contributed by atoms with Gasteiger partial charge >= 0.3 is 0 Å². The first-order chi connectivity index (χ1) is 8.88. The molecule has 0 N–H and O–H groups in total. The number of hydrogen-bond acceptors (Lipinski definition) is 1. The Bertz CT molecular complexity index is 685. The van der Waals surface area contributed by atoms with Gasteiger partial charge in [0, 0.05) is 5.39 Å². The largest absolute Gasteiger partial charge is 0.493 e. The van der Waals surface area contributed by atoms with E-state index in [0.29, 0.717) is 6.61 Å². The summed E-state index contributed by atoms with van der Waals surface area (Å²) in [5, 5.41) is 4.90. The first kappa shape index (κ1) is 11.1. The van der Waals surface area contributed by atoms with Gasteiger partial charge < -0.3 is 4.74 Å². The predicted molar refractivity (Wildman–Crippen MR) is 76.9 cm³/mol. The van der Waals surface area contributed by atoms with Crippen LogP contribution in [0.4, 0.5) is 0 Å². The van der Waals surface area contributed by atoms with Crippen LogP contribution in [-0.2, 0) is 0 Å².